The van der Waals surface area contributed by atoms with E-state index in [2.05, 4.69) is 63.8 Å². The zero-order chi connectivity index (χ0) is 25.6. The monoisotopic (exact) mass is 471 g/mol. The highest BCUT2D eigenvalue weighted by Crippen LogP contribution is 2.35. The number of aliphatic hydroxyl groups excluding tert-OH is 2. The van der Waals surface area contributed by atoms with Crippen LogP contribution in [0.3, 0.4) is 0 Å². The first-order chi connectivity index (χ1) is 16.1. The van der Waals surface area contributed by atoms with E-state index in [1.54, 1.807) is 6.08 Å². The molecular weight excluding hydrogens is 426 g/mol. The number of carbonyl (C=O) groups is 1. The summed E-state index contributed by atoms with van der Waals surface area (Å²) in [5.74, 6) is 0.328. The van der Waals surface area contributed by atoms with E-state index in [1.165, 1.54) is 11.1 Å². The number of aliphatic hydroxyl groups is 2. The molecule has 0 amide bonds. The fourth-order valence-corrected chi connectivity index (χ4v) is 4.10. The second kappa shape index (κ2) is 14.9. The summed E-state index contributed by atoms with van der Waals surface area (Å²) in [5, 5.41) is 30.7. The number of allylic oxidation sites excluding steroid dienone is 4. The van der Waals surface area contributed by atoms with Gasteiger partial charge in [0.15, 0.2) is 0 Å². The van der Waals surface area contributed by atoms with Gasteiger partial charge in [0, 0.05) is 6.61 Å². The average molecular weight is 472 g/mol. The maximum Gasteiger partial charge on any atom is 0.129 e. The predicted octanol–water partition coefficient (Wildman–Crippen LogP) is 6.39. The van der Waals surface area contributed by atoms with Gasteiger partial charge in [0.1, 0.15) is 25.6 Å². The number of aryl methyl sites for hydroxylation is 1. The second-order valence-corrected chi connectivity index (χ2v) is 10.1. The van der Waals surface area contributed by atoms with Crippen LogP contribution >= 0.6 is 0 Å². The number of benzene rings is 1. The van der Waals surface area contributed by atoms with Crippen LogP contribution < -0.4 is 0 Å². The number of quaternary nitrogens is 1. The van der Waals surface area contributed by atoms with E-state index in [-0.39, 0.29) is 28.3 Å². The summed E-state index contributed by atoms with van der Waals surface area (Å²) in [6.07, 6.45) is 13.1. The van der Waals surface area contributed by atoms with Crippen LogP contribution in [0, 0.1) is 10.6 Å². The molecule has 1 fully saturated rings. The van der Waals surface area contributed by atoms with Crippen LogP contribution in [0.15, 0.2) is 60.4 Å². The van der Waals surface area contributed by atoms with Gasteiger partial charge in [0.05, 0.1) is 6.54 Å². The summed E-state index contributed by atoms with van der Waals surface area (Å²) in [5.41, 5.74) is 3.58. The number of rotatable bonds is 15. The van der Waals surface area contributed by atoms with E-state index in [0.29, 0.717) is 0 Å². The highest BCUT2D eigenvalue weighted by Gasteiger charge is 2.31. The summed E-state index contributed by atoms with van der Waals surface area (Å²) in [7, 11) is 0. The number of hydrogen-bond donors (Lipinski definition) is 2. The van der Waals surface area contributed by atoms with Crippen LogP contribution in [0.25, 0.3) is 0 Å². The van der Waals surface area contributed by atoms with Crippen molar-refractivity contribution in [2.45, 2.75) is 71.6 Å². The zero-order valence-electron chi connectivity index (χ0n) is 21.5. The third-order valence-corrected chi connectivity index (χ3v) is 6.61. The lowest BCUT2D eigenvalue weighted by atomic mass is 9.78. The number of hydroxylamine groups is 3. The van der Waals surface area contributed by atoms with Crippen molar-refractivity contribution in [1.82, 2.24) is 0 Å². The molecule has 5 heteroatoms. The molecule has 1 saturated heterocycles. The fourth-order valence-electron chi connectivity index (χ4n) is 4.10. The second-order valence-electron chi connectivity index (χ2n) is 10.1. The van der Waals surface area contributed by atoms with Crippen molar-refractivity contribution >= 4 is 6.79 Å². The van der Waals surface area contributed by atoms with Crippen molar-refractivity contribution in [3.8, 4) is 0 Å². The highest BCUT2D eigenvalue weighted by molar-refractivity contribution is 5.34. The highest BCUT2D eigenvalue weighted by atomic mass is 16.6. The van der Waals surface area contributed by atoms with Crippen molar-refractivity contribution in [3.05, 3.63) is 76.7 Å². The quantitative estimate of drug-likeness (QED) is 0.0775. The van der Waals surface area contributed by atoms with E-state index < -0.39 is 0 Å². The Balaban J connectivity index is 0.00000281. The van der Waals surface area contributed by atoms with Crippen LogP contribution in [0.4, 0.5) is 0 Å². The summed E-state index contributed by atoms with van der Waals surface area (Å²) >= 11 is 0. The number of unbranched alkanes of at least 4 members (excludes halogenated alkanes) is 3. The molecule has 1 aromatic rings. The first-order valence-corrected chi connectivity index (χ1v) is 12.5. The average Bonchev–Trinajstić information content (AvgIpc) is 3.55. The summed E-state index contributed by atoms with van der Waals surface area (Å²) in [4.78, 5) is 8.00. The lowest BCUT2D eigenvalue weighted by molar-refractivity contribution is -0.744. The first-order valence-electron chi connectivity index (χ1n) is 12.5. The Kier molecular flexibility index (Phi) is 13.1. The van der Waals surface area contributed by atoms with E-state index in [0.717, 1.165) is 70.2 Å². The third-order valence-electron chi connectivity index (χ3n) is 6.61. The molecule has 1 aliphatic rings. The molecular formula is C29H45NO4. The topological polar surface area (TPSA) is 80.6 Å². The van der Waals surface area contributed by atoms with Crippen molar-refractivity contribution in [3.63, 3.8) is 0 Å². The Bertz CT molecular complexity index is 808. The van der Waals surface area contributed by atoms with Crippen LogP contribution in [-0.4, -0.2) is 47.9 Å². The standard InChI is InChI=1S/C28H43NO3.CH2O/c1-23(26-13-10-12-25(22-26)11-6-5-9-20-30)14-15-27(21-24(2)31)28(3,4)16-7-8-17-29(32)18-19-29;1-2/h10,12-15,21-23,30-31H,2,5-9,11,16-20H2,1,3-4H3;1H2/b15-14-,27-21+;. The maximum absolute atomic E-state index is 11.9. The van der Waals surface area contributed by atoms with Crippen LogP contribution in [0.5, 0.6) is 0 Å². The molecule has 0 radical (unpaired) electrons. The molecule has 2 rings (SSSR count). The van der Waals surface area contributed by atoms with Crippen molar-refractivity contribution in [2.24, 2.45) is 5.41 Å². The minimum absolute atomic E-state index is 0.00547. The Labute approximate surface area is 206 Å². The van der Waals surface area contributed by atoms with E-state index in [9.17, 15) is 10.3 Å². The SMILES string of the molecule is C=C(O)/C=C(\C=C/C(C)c1cccc(CCCCCO)c1)C(C)(C)CCCC[N+]1([O-])CC1.C=O. The van der Waals surface area contributed by atoms with Gasteiger partial charge in [-0.3, -0.25) is 0 Å². The Morgan fingerprint density at radius 3 is 2.50 bits per heavy atom. The van der Waals surface area contributed by atoms with Gasteiger partial charge in [0.2, 0.25) is 0 Å². The van der Waals surface area contributed by atoms with Gasteiger partial charge in [-0.25, -0.2) is 0 Å². The Morgan fingerprint density at radius 2 is 1.88 bits per heavy atom. The molecule has 5 nitrogen and oxygen atoms in total. The van der Waals surface area contributed by atoms with Gasteiger partial charge in [-0.15, -0.1) is 0 Å². The minimum Gasteiger partial charge on any atom is -0.632 e. The molecule has 34 heavy (non-hydrogen) atoms. The summed E-state index contributed by atoms with van der Waals surface area (Å²) in [6, 6.07) is 8.75. The summed E-state index contributed by atoms with van der Waals surface area (Å²) in [6.45, 7) is 14.8. The first kappa shape index (κ1) is 29.8. The number of carbonyl (C=O) groups excluding carboxylic acids is 1. The predicted molar refractivity (Wildman–Crippen MR) is 141 cm³/mol. The maximum atomic E-state index is 11.9. The van der Waals surface area contributed by atoms with Crippen molar-refractivity contribution in [2.75, 3.05) is 26.2 Å². The van der Waals surface area contributed by atoms with Crippen molar-refractivity contribution in [1.29, 1.82) is 0 Å². The smallest absolute Gasteiger partial charge is 0.129 e. The fraction of sp³-hybridized carbons (Fsp3) is 0.552. The van der Waals surface area contributed by atoms with Gasteiger partial charge in [-0.2, -0.15) is 0 Å². The third kappa shape index (κ3) is 11.3. The van der Waals surface area contributed by atoms with E-state index >= 15 is 0 Å². The van der Waals surface area contributed by atoms with E-state index in [4.69, 9.17) is 9.90 Å². The van der Waals surface area contributed by atoms with Crippen LogP contribution in [0.2, 0.25) is 0 Å². The largest absolute Gasteiger partial charge is 0.632 e. The lowest BCUT2D eigenvalue weighted by Gasteiger charge is -2.28. The van der Waals surface area contributed by atoms with Gasteiger partial charge in [-0.1, -0.05) is 70.2 Å². The van der Waals surface area contributed by atoms with Gasteiger partial charge < -0.3 is 24.9 Å². The zero-order valence-corrected chi connectivity index (χ0v) is 21.5. The van der Waals surface area contributed by atoms with Crippen LogP contribution in [0.1, 0.15) is 76.3 Å². The molecule has 1 atom stereocenters. The number of hydrogen-bond acceptors (Lipinski definition) is 4. The Hall–Kier alpha value is -2.21. The molecule has 1 heterocycles. The minimum atomic E-state index is -0.108. The molecule has 0 bridgehead atoms. The molecule has 1 aromatic carbocycles. The molecule has 0 saturated carbocycles. The molecule has 1 unspecified atom stereocenters. The molecule has 0 aromatic heterocycles. The van der Waals surface area contributed by atoms with Crippen molar-refractivity contribution < 1.29 is 19.7 Å². The van der Waals surface area contributed by atoms with E-state index in [1.807, 2.05) is 6.79 Å². The molecule has 2 N–H and O–H groups in total. The Morgan fingerprint density at radius 1 is 1.18 bits per heavy atom. The molecule has 0 spiro atoms. The lowest BCUT2D eigenvalue weighted by Crippen LogP contribution is -2.20. The van der Waals surface area contributed by atoms with Gasteiger partial charge >= 0.3 is 0 Å². The van der Waals surface area contributed by atoms with Crippen LogP contribution in [-0.2, 0) is 11.2 Å². The number of nitrogens with zero attached hydrogens (tertiary/aromatic N) is 1. The molecule has 0 aliphatic carbocycles. The summed E-state index contributed by atoms with van der Waals surface area (Å²) < 4.78 is -0.00547. The molecule has 190 valence electrons. The molecule has 1 aliphatic heterocycles. The van der Waals surface area contributed by atoms with Gasteiger partial charge in [0.25, 0.3) is 0 Å². The normalized spacial score (nSPS) is 16.1. The van der Waals surface area contributed by atoms with Gasteiger partial charge in [-0.05, 0) is 72.6 Å².